The van der Waals surface area contributed by atoms with Gasteiger partial charge in [-0.25, -0.2) is 9.97 Å². The van der Waals surface area contributed by atoms with Crippen LogP contribution in [0.2, 0.25) is 0 Å². The van der Waals surface area contributed by atoms with Gasteiger partial charge in [-0.1, -0.05) is 12.1 Å². The van der Waals surface area contributed by atoms with Crippen LogP contribution in [0, 0.1) is 0 Å². The number of fused-ring (bicyclic) bond motifs is 1. The number of piperazine rings is 1. The number of hydrogen-bond acceptors (Lipinski definition) is 7. The van der Waals surface area contributed by atoms with Crippen LogP contribution >= 0.6 is 0 Å². The molecule has 25 heavy (non-hydrogen) atoms. The highest BCUT2D eigenvalue weighted by atomic mass is 16.5. The van der Waals surface area contributed by atoms with E-state index in [0.29, 0.717) is 28.7 Å². The van der Waals surface area contributed by atoms with Crippen LogP contribution in [0.15, 0.2) is 41.3 Å². The van der Waals surface area contributed by atoms with Crippen LogP contribution in [0.5, 0.6) is 5.88 Å². The second-order valence-corrected chi connectivity index (χ2v) is 5.78. The predicted octanol–water partition coefficient (Wildman–Crippen LogP) is 1.05. The summed E-state index contributed by atoms with van der Waals surface area (Å²) < 4.78 is 5.15. The van der Waals surface area contributed by atoms with Crippen molar-refractivity contribution in [1.82, 2.24) is 19.9 Å². The molecule has 0 unspecified atom stereocenters. The Morgan fingerprint density at radius 3 is 2.60 bits per heavy atom. The molecule has 2 aromatic heterocycles. The Bertz CT molecular complexity index is 949. The van der Waals surface area contributed by atoms with Crippen LogP contribution < -0.4 is 20.1 Å². The fraction of sp³-hybridized carbons (Fsp3) is 0.294. The second kappa shape index (κ2) is 6.39. The highest BCUT2D eigenvalue weighted by molar-refractivity contribution is 5.78. The number of nitrogens with one attached hydrogen (secondary N) is 1. The van der Waals surface area contributed by atoms with E-state index in [1.807, 2.05) is 18.2 Å². The molecule has 1 aliphatic rings. The summed E-state index contributed by atoms with van der Waals surface area (Å²) in [5.74, 6) is 1.81. The highest BCUT2D eigenvalue weighted by Gasteiger charge is 2.21. The molecule has 0 aliphatic carbocycles. The van der Waals surface area contributed by atoms with Gasteiger partial charge < -0.3 is 14.5 Å². The van der Waals surface area contributed by atoms with E-state index in [1.165, 1.54) is 0 Å². The number of nitrogens with zero attached hydrogens (tertiary/aromatic N) is 5. The summed E-state index contributed by atoms with van der Waals surface area (Å²) in [6.45, 7) is 2.93. The molecule has 1 saturated heterocycles. The molecule has 1 aliphatic heterocycles. The predicted molar refractivity (Wildman–Crippen MR) is 95.4 cm³/mol. The average Bonchev–Trinajstić information content (AvgIpc) is 2.68. The lowest BCUT2D eigenvalue weighted by atomic mass is 10.2. The van der Waals surface area contributed by atoms with Crippen LogP contribution in [0.1, 0.15) is 0 Å². The number of hydrogen-bond donors (Lipinski definition) is 1. The van der Waals surface area contributed by atoms with Crippen molar-refractivity contribution in [2.75, 3.05) is 43.1 Å². The van der Waals surface area contributed by atoms with Gasteiger partial charge in [-0.3, -0.25) is 9.78 Å². The van der Waals surface area contributed by atoms with E-state index >= 15 is 0 Å². The Balaban J connectivity index is 1.53. The van der Waals surface area contributed by atoms with Gasteiger partial charge in [-0.15, -0.1) is 0 Å². The minimum Gasteiger partial charge on any atom is -0.481 e. The number of para-hydroxylation sites is 1. The number of anilines is 2. The number of aromatic nitrogens is 4. The third kappa shape index (κ3) is 2.98. The maximum absolute atomic E-state index is 12.2. The first kappa shape index (κ1) is 15.4. The van der Waals surface area contributed by atoms with E-state index in [-0.39, 0.29) is 5.56 Å². The Kier molecular flexibility index (Phi) is 3.93. The van der Waals surface area contributed by atoms with Gasteiger partial charge in [-0.05, 0) is 12.1 Å². The third-order valence-electron chi connectivity index (χ3n) is 4.29. The standard InChI is InChI=1S/C17H18N6O2/c1-25-14-6-7-18-16(20-14)22-8-10-23(11-9-22)17-19-13-5-3-2-4-12(13)15(24)21-17/h2-7H,8-11H2,1H3,(H,19,21,24). The smallest absolute Gasteiger partial charge is 0.260 e. The largest absolute Gasteiger partial charge is 0.481 e. The van der Waals surface area contributed by atoms with E-state index in [0.717, 1.165) is 26.2 Å². The van der Waals surface area contributed by atoms with Crippen LogP contribution in [0.3, 0.4) is 0 Å². The quantitative estimate of drug-likeness (QED) is 0.764. The van der Waals surface area contributed by atoms with E-state index in [2.05, 4.69) is 29.7 Å². The summed E-state index contributed by atoms with van der Waals surface area (Å²) in [5, 5.41) is 0.606. The molecule has 0 atom stereocenters. The molecule has 128 valence electrons. The molecule has 0 saturated carbocycles. The van der Waals surface area contributed by atoms with Crippen molar-refractivity contribution < 1.29 is 4.74 Å². The zero-order valence-electron chi connectivity index (χ0n) is 13.8. The van der Waals surface area contributed by atoms with Gasteiger partial charge in [-0.2, -0.15) is 4.98 Å². The number of methoxy groups -OCH3 is 1. The molecule has 3 aromatic rings. The second-order valence-electron chi connectivity index (χ2n) is 5.78. The Morgan fingerprint density at radius 2 is 1.80 bits per heavy atom. The van der Waals surface area contributed by atoms with Crippen LogP contribution in [0.25, 0.3) is 10.9 Å². The Morgan fingerprint density at radius 1 is 1.04 bits per heavy atom. The molecule has 3 heterocycles. The molecule has 0 bridgehead atoms. The van der Waals surface area contributed by atoms with E-state index in [1.54, 1.807) is 25.4 Å². The van der Waals surface area contributed by atoms with Crippen LogP contribution in [-0.2, 0) is 0 Å². The SMILES string of the molecule is COc1ccnc(N2CCN(c3nc4ccccc4c(=O)[nH]3)CC2)n1. The maximum Gasteiger partial charge on any atom is 0.260 e. The van der Waals surface area contributed by atoms with Crippen molar-refractivity contribution in [2.24, 2.45) is 0 Å². The van der Waals surface area contributed by atoms with Gasteiger partial charge in [0.15, 0.2) is 0 Å². The number of ether oxygens (including phenoxy) is 1. The minimum atomic E-state index is -0.112. The van der Waals surface area contributed by atoms with Crippen molar-refractivity contribution in [3.05, 3.63) is 46.9 Å². The first-order chi connectivity index (χ1) is 12.2. The third-order valence-corrected chi connectivity index (χ3v) is 4.29. The lowest BCUT2D eigenvalue weighted by Crippen LogP contribution is -2.48. The lowest BCUT2D eigenvalue weighted by Gasteiger charge is -2.34. The minimum absolute atomic E-state index is 0.112. The molecular weight excluding hydrogens is 320 g/mol. The first-order valence-corrected chi connectivity index (χ1v) is 8.10. The molecule has 8 nitrogen and oxygen atoms in total. The van der Waals surface area contributed by atoms with Gasteiger partial charge in [0.25, 0.3) is 5.56 Å². The molecular formula is C17H18N6O2. The summed E-state index contributed by atoms with van der Waals surface area (Å²) in [4.78, 5) is 32.5. The number of benzene rings is 1. The molecule has 0 amide bonds. The molecule has 0 spiro atoms. The average molecular weight is 338 g/mol. The monoisotopic (exact) mass is 338 g/mol. The fourth-order valence-corrected chi connectivity index (χ4v) is 2.94. The summed E-state index contributed by atoms with van der Waals surface area (Å²) in [6, 6.07) is 9.09. The van der Waals surface area contributed by atoms with E-state index in [4.69, 9.17) is 4.74 Å². The number of H-pyrrole nitrogens is 1. The van der Waals surface area contributed by atoms with Gasteiger partial charge in [0.1, 0.15) is 0 Å². The summed E-state index contributed by atoms with van der Waals surface area (Å²) in [5.41, 5.74) is 0.596. The molecule has 4 rings (SSSR count). The zero-order chi connectivity index (χ0) is 17.2. The summed E-state index contributed by atoms with van der Waals surface area (Å²) >= 11 is 0. The van der Waals surface area contributed by atoms with Crippen molar-refractivity contribution in [3.63, 3.8) is 0 Å². The zero-order valence-corrected chi connectivity index (χ0v) is 13.8. The van der Waals surface area contributed by atoms with Gasteiger partial charge in [0, 0.05) is 38.4 Å². The maximum atomic E-state index is 12.2. The normalized spacial score (nSPS) is 14.8. The molecule has 1 N–H and O–H groups in total. The molecule has 0 radical (unpaired) electrons. The van der Waals surface area contributed by atoms with Crippen molar-refractivity contribution >= 4 is 22.8 Å². The summed E-state index contributed by atoms with van der Waals surface area (Å²) in [6.07, 6.45) is 1.69. The van der Waals surface area contributed by atoms with Gasteiger partial charge in [0.2, 0.25) is 17.8 Å². The van der Waals surface area contributed by atoms with Crippen LogP contribution in [0.4, 0.5) is 11.9 Å². The molecule has 8 heteroatoms. The fourth-order valence-electron chi connectivity index (χ4n) is 2.94. The Labute approximate surface area is 144 Å². The molecule has 1 aromatic carbocycles. The van der Waals surface area contributed by atoms with Crippen molar-refractivity contribution in [3.8, 4) is 5.88 Å². The van der Waals surface area contributed by atoms with Crippen molar-refractivity contribution in [1.29, 1.82) is 0 Å². The Hall–Kier alpha value is -3.16. The first-order valence-electron chi connectivity index (χ1n) is 8.10. The molecule has 1 fully saturated rings. The van der Waals surface area contributed by atoms with Crippen LogP contribution in [-0.4, -0.2) is 53.2 Å². The van der Waals surface area contributed by atoms with E-state index < -0.39 is 0 Å². The van der Waals surface area contributed by atoms with E-state index in [9.17, 15) is 4.79 Å². The number of rotatable bonds is 3. The highest BCUT2D eigenvalue weighted by Crippen LogP contribution is 2.17. The van der Waals surface area contributed by atoms with Gasteiger partial charge >= 0.3 is 0 Å². The number of aromatic amines is 1. The summed E-state index contributed by atoms with van der Waals surface area (Å²) in [7, 11) is 1.59. The van der Waals surface area contributed by atoms with Gasteiger partial charge in [0.05, 0.1) is 18.0 Å². The topological polar surface area (TPSA) is 87.2 Å². The van der Waals surface area contributed by atoms with Crippen molar-refractivity contribution in [2.45, 2.75) is 0 Å². The lowest BCUT2D eigenvalue weighted by molar-refractivity contribution is 0.396.